The summed E-state index contributed by atoms with van der Waals surface area (Å²) in [5.74, 6) is -1.76. The number of carboxylic acids is 1. The number of nitrogens with one attached hydrogen (secondary N) is 1. The van der Waals surface area contributed by atoms with Gasteiger partial charge in [-0.3, -0.25) is 9.78 Å². The van der Waals surface area contributed by atoms with Crippen LogP contribution in [-0.4, -0.2) is 37.0 Å². The SMILES string of the molecule is Cc1nnn(Cc2ccc(C(=O)Nc3ccc(C(F)(F)F)cc3)nc2)c1C(=O)O. The molecule has 2 heterocycles. The Balaban J connectivity index is 1.68. The summed E-state index contributed by atoms with van der Waals surface area (Å²) in [5, 5.41) is 19.2. The van der Waals surface area contributed by atoms with Crippen molar-refractivity contribution in [1.29, 1.82) is 0 Å². The number of nitrogens with zero attached hydrogens (tertiary/aromatic N) is 4. The molecule has 0 saturated heterocycles. The van der Waals surface area contributed by atoms with Crippen LogP contribution in [0.3, 0.4) is 0 Å². The van der Waals surface area contributed by atoms with Gasteiger partial charge < -0.3 is 10.4 Å². The number of carboxylic acid groups (broad SMARTS) is 1. The second-order valence-electron chi connectivity index (χ2n) is 6.07. The Morgan fingerprint density at radius 3 is 2.38 bits per heavy atom. The average Bonchev–Trinajstić information content (AvgIpc) is 3.02. The zero-order valence-electron chi connectivity index (χ0n) is 14.9. The average molecular weight is 405 g/mol. The number of hydrogen-bond acceptors (Lipinski definition) is 5. The summed E-state index contributed by atoms with van der Waals surface area (Å²) >= 11 is 0. The fourth-order valence-electron chi connectivity index (χ4n) is 2.54. The minimum absolute atomic E-state index is 0.0434. The number of alkyl halides is 3. The number of carbonyl (C=O) groups excluding carboxylic acids is 1. The van der Waals surface area contributed by atoms with Gasteiger partial charge in [-0.2, -0.15) is 13.2 Å². The summed E-state index contributed by atoms with van der Waals surface area (Å²) in [4.78, 5) is 27.5. The molecule has 0 aliphatic rings. The Hall–Kier alpha value is -3.76. The van der Waals surface area contributed by atoms with Crippen molar-refractivity contribution in [2.75, 3.05) is 5.32 Å². The third kappa shape index (κ3) is 4.57. The lowest BCUT2D eigenvalue weighted by Gasteiger charge is -2.09. The van der Waals surface area contributed by atoms with Crippen molar-refractivity contribution in [2.24, 2.45) is 0 Å². The molecule has 1 amide bonds. The van der Waals surface area contributed by atoms with Crippen LogP contribution in [0.2, 0.25) is 0 Å². The lowest BCUT2D eigenvalue weighted by molar-refractivity contribution is -0.137. The van der Waals surface area contributed by atoms with Crippen LogP contribution in [-0.2, 0) is 12.7 Å². The van der Waals surface area contributed by atoms with E-state index in [2.05, 4.69) is 20.6 Å². The van der Waals surface area contributed by atoms with Gasteiger partial charge in [0.05, 0.1) is 17.8 Å². The highest BCUT2D eigenvalue weighted by Crippen LogP contribution is 2.29. The molecule has 0 radical (unpaired) electrons. The molecule has 2 N–H and O–H groups in total. The summed E-state index contributed by atoms with van der Waals surface area (Å²) in [6, 6.07) is 7.01. The maximum absolute atomic E-state index is 12.6. The lowest BCUT2D eigenvalue weighted by atomic mass is 10.2. The topological polar surface area (TPSA) is 110 Å². The van der Waals surface area contributed by atoms with Crippen LogP contribution in [0.1, 0.15) is 37.8 Å². The molecule has 0 fully saturated rings. The molecule has 2 aromatic heterocycles. The van der Waals surface area contributed by atoms with Crippen molar-refractivity contribution in [2.45, 2.75) is 19.6 Å². The molecule has 0 unspecified atom stereocenters. The largest absolute Gasteiger partial charge is 0.476 e. The minimum Gasteiger partial charge on any atom is -0.476 e. The zero-order valence-corrected chi connectivity index (χ0v) is 14.9. The van der Waals surface area contributed by atoms with E-state index in [1.807, 2.05) is 0 Å². The predicted molar refractivity (Wildman–Crippen MR) is 94.5 cm³/mol. The number of amides is 1. The first-order chi connectivity index (χ1) is 13.6. The molecule has 29 heavy (non-hydrogen) atoms. The molecule has 0 bridgehead atoms. The summed E-state index contributed by atoms with van der Waals surface area (Å²) < 4.78 is 38.9. The molecule has 0 aliphatic carbocycles. The number of benzene rings is 1. The number of anilines is 1. The van der Waals surface area contributed by atoms with E-state index in [9.17, 15) is 27.9 Å². The number of hydrogen-bond donors (Lipinski definition) is 2. The predicted octanol–water partition coefficient (Wildman–Crippen LogP) is 3.00. The van der Waals surface area contributed by atoms with Crippen LogP contribution < -0.4 is 5.32 Å². The van der Waals surface area contributed by atoms with Crippen LogP contribution in [0, 0.1) is 6.92 Å². The molecule has 3 rings (SSSR count). The van der Waals surface area contributed by atoms with E-state index >= 15 is 0 Å². The fourth-order valence-corrected chi connectivity index (χ4v) is 2.54. The van der Waals surface area contributed by atoms with Crippen LogP contribution in [0.4, 0.5) is 18.9 Å². The minimum atomic E-state index is -4.46. The van der Waals surface area contributed by atoms with E-state index in [0.717, 1.165) is 24.3 Å². The highest BCUT2D eigenvalue weighted by molar-refractivity contribution is 6.02. The third-order valence-corrected chi connectivity index (χ3v) is 3.97. The van der Waals surface area contributed by atoms with E-state index in [0.29, 0.717) is 5.56 Å². The standard InChI is InChI=1S/C18H14F3N5O3/c1-10-15(17(28)29)26(25-24-10)9-11-2-7-14(22-8-11)16(27)23-13-5-3-12(4-6-13)18(19,20)21/h2-8H,9H2,1H3,(H,23,27)(H,28,29). The van der Waals surface area contributed by atoms with Gasteiger partial charge in [0.1, 0.15) is 5.69 Å². The van der Waals surface area contributed by atoms with Crippen molar-refractivity contribution in [3.05, 3.63) is 70.8 Å². The van der Waals surface area contributed by atoms with Gasteiger partial charge >= 0.3 is 12.1 Å². The van der Waals surface area contributed by atoms with Crippen molar-refractivity contribution in [3.63, 3.8) is 0 Å². The van der Waals surface area contributed by atoms with Gasteiger partial charge in [0.25, 0.3) is 5.91 Å². The molecule has 3 aromatic rings. The first kappa shape index (κ1) is 20.0. The molecule has 0 atom stereocenters. The van der Waals surface area contributed by atoms with E-state index in [4.69, 9.17) is 0 Å². The van der Waals surface area contributed by atoms with Crippen molar-refractivity contribution in [1.82, 2.24) is 20.0 Å². The first-order valence-electron chi connectivity index (χ1n) is 8.22. The van der Waals surface area contributed by atoms with E-state index in [1.54, 1.807) is 6.07 Å². The van der Waals surface area contributed by atoms with Gasteiger partial charge in [-0.1, -0.05) is 11.3 Å². The van der Waals surface area contributed by atoms with Crippen LogP contribution in [0.5, 0.6) is 0 Å². The number of aromatic carboxylic acids is 1. The number of aromatic nitrogens is 4. The number of rotatable bonds is 5. The Morgan fingerprint density at radius 2 is 1.83 bits per heavy atom. The molecule has 0 aliphatic heterocycles. The molecule has 0 spiro atoms. The summed E-state index contributed by atoms with van der Waals surface area (Å²) in [6.07, 6.45) is -3.08. The lowest BCUT2D eigenvalue weighted by Crippen LogP contribution is -2.15. The van der Waals surface area contributed by atoms with Gasteiger partial charge in [-0.25, -0.2) is 9.48 Å². The van der Waals surface area contributed by atoms with E-state index in [1.165, 1.54) is 23.9 Å². The van der Waals surface area contributed by atoms with Crippen LogP contribution in [0.25, 0.3) is 0 Å². The highest BCUT2D eigenvalue weighted by atomic mass is 19.4. The van der Waals surface area contributed by atoms with Crippen LogP contribution in [0.15, 0.2) is 42.6 Å². The third-order valence-electron chi connectivity index (χ3n) is 3.97. The van der Waals surface area contributed by atoms with Gasteiger partial charge in [0.2, 0.25) is 0 Å². The molecular formula is C18H14F3N5O3. The summed E-state index contributed by atoms with van der Waals surface area (Å²) in [5.41, 5.74) is 0.234. The number of pyridine rings is 1. The van der Waals surface area contributed by atoms with Crippen molar-refractivity contribution >= 4 is 17.6 Å². The second kappa shape index (κ2) is 7.70. The normalized spacial score (nSPS) is 11.3. The maximum atomic E-state index is 12.6. The summed E-state index contributed by atoms with van der Waals surface area (Å²) in [6.45, 7) is 1.62. The maximum Gasteiger partial charge on any atom is 0.416 e. The van der Waals surface area contributed by atoms with E-state index < -0.39 is 23.6 Å². The Kier molecular flexibility index (Phi) is 5.31. The molecule has 1 aromatic carbocycles. The smallest absolute Gasteiger partial charge is 0.416 e. The molecular weight excluding hydrogens is 391 g/mol. The van der Waals surface area contributed by atoms with Crippen LogP contribution >= 0.6 is 0 Å². The molecule has 11 heteroatoms. The second-order valence-corrected chi connectivity index (χ2v) is 6.07. The van der Waals surface area contributed by atoms with Gasteiger partial charge in [-0.05, 0) is 42.8 Å². The quantitative estimate of drug-likeness (QED) is 0.675. The van der Waals surface area contributed by atoms with Gasteiger partial charge in [0.15, 0.2) is 5.69 Å². The number of carbonyl (C=O) groups is 2. The van der Waals surface area contributed by atoms with Crippen molar-refractivity contribution < 1.29 is 27.9 Å². The monoisotopic (exact) mass is 405 g/mol. The number of halogens is 3. The zero-order chi connectivity index (χ0) is 21.2. The van der Waals surface area contributed by atoms with Crippen molar-refractivity contribution in [3.8, 4) is 0 Å². The molecule has 8 nitrogen and oxygen atoms in total. The van der Waals surface area contributed by atoms with Gasteiger partial charge in [0, 0.05) is 11.9 Å². The first-order valence-corrected chi connectivity index (χ1v) is 8.22. The Labute approximate surface area is 162 Å². The van der Waals surface area contributed by atoms with E-state index in [-0.39, 0.29) is 29.3 Å². The fraction of sp³-hybridized carbons (Fsp3) is 0.167. The Bertz CT molecular complexity index is 1040. The highest BCUT2D eigenvalue weighted by Gasteiger charge is 2.30. The molecule has 0 saturated carbocycles. The molecule has 150 valence electrons. The Morgan fingerprint density at radius 1 is 1.14 bits per heavy atom. The number of aryl methyl sites for hydroxylation is 1. The van der Waals surface area contributed by atoms with Gasteiger partial charge in [-0.15, -0.1) is 5.10 Å². The summed E-state index contributed by atoms with van der Waals surface area (Å²) in [7, 11) is 0.